The zero-order valence-corrected chi connectivity index (χ0v) is 16.4. The summed E-state index contributed by atoms with van der Waals surface area (Å²) in [7, 11) is -2.08. The van der Waals surface area contributed by atoms with Crippen LogP contribution in [0.25, 0.3) is 0 Å². The lowest BCUT2D eigenvalue weighted by molar-refractivity contribution is -0.175. The second-order valence-electron chi connectivity index (χ2n) is 6.93. The Morgan fingerprint density at radius 3 is 1.59 bits per heavy atom. The van der Waals surface area contributed by atoms with E-state index in [2.05, 4.69) is 33.9 Å². The zero-order chi connectivity index (χ0) is 17.6. The highest BCUT2D eigenvalue weighted by Crippen LogP contribution is 2.38. The first-order valence-electron chi connectivity index (χ1n) is 7.97. The molecule has 0 bridgehead atoms. The van der Waals surface area contributed by atoms with Gasteiger partial charge in [-0.3, -0.25) is 9.59 Å². The zero-order valence-electron chi connectivity index (χ0n) is 15.4. The average molecular weight is 333 g/mol. The summed E-state index contributed by atoms with van der Waals surface area (Å²) in [5, 5.41) is -0.00416. The lowest BCUT2D eigenvalue weighted by Crippen LogP contribution is -2.50. The third-order valence-electron chi connectivity index (χ3n) is 4.42. The number of rotatable bonds is 8. The lowest BCUT2D eigenvalue weighted by Gasteiger charge is -2.39. The highest BCUT2D eigenvalue weighted by atomic mass is 28.4. The molecule has 0 aliphatic heterocycles. The molecule has 0 unspecified atom stereocenters. The van der Waals surface area contributed by atoms with Crippen molar-refractivity contribution < 1.29 is 23.5 Å². The maximum Gasteiger partial charge on any atom is 0.325 e. The van der Waals surface area contributed by atoms with E-state index in [-0.39, 0.29) is 24.9 Å². The molecule has 0 aromatic rings. The van der Waals surface area contributed by atoms with Gasteiger partial charge in [0.1, 0.15) is 0 Å². The minimum atomic E-state index is -2.08. The van der Waals surface area contributed by atoms with Crippen LogP contribution in [0.3, 0.4) is 0 Å². The molecule has 0 amide bonds. The van der Waals surface area contributed by atoms with E-state index >= 15 is 0 Å². The molecule has 0 N–H and O–H groups in total. The van der Waals surface area contributed by atoms with Gasteiger partial charge in [0.2, 0.25) is 0 Å². The fraction of sp³-hybridized carbons (Fsp3) is 0.875. The van der Waals surface area contributed by atoms with Gasteiger partial charge in [-0.15, -0.1) is 0 Å². The number of esters is 2. The molecule has 0 rings (SSSR count). The fourth-order valence-corrected chi connectivity index (χ4v) is 2.69. The summed E-state index contributed by atoms with van der Waals surface area (Å²) >= 11 is 0. The first-order chi connectivity index (χ1) is 9.98. The lowest BCUT2D eigenvalue weighted by atomic mass is 9.86. The Morgan fingerprint density at radius 1 is 0.909 bits per heavy atom. The van der Waals surface area contributed by atoms with Crippen LogP contribution in [-0.2, 0) is 23.5 Å². The number of carbonyl (C=O) groups is 2. The smallest absolute Gasteiger partial charge is 0.325 e. The molecule has 0 aliphatic rings. The van der Waals surface area contributed by atoms with Crippen LogP contribution in [0.5, 0.6) is 0 Å². The number of carbonyl (C=O) groups excluding carboxylic acids is 2. The van der Waals surface area contributed by atoms with Gasteiger partial charge in [0.25, 0.3) is 0 Å². The van der Waals surface area contributed by atoms with Crippen LogP contribution in [0.15, 0.2) is 0 Å². The maximum absolute atomic E-state index is 12.4. The average Bonchev–Trinajstić information content (AvgIpc) is 2.39. The van der Waals surface area contributed by atoms with E-state index < -0.39 is 25.7 Å². The molecule has 0 fully saturated rings. The summed E-state index contributed by atoms with van der Waals surface area (Å²) in [6.07, 6.45) is 0.291. The molecule has 0 saturated heterocycles. The second-order valence-corrected chi connectivity index (χ2v) is 11.7. The highest BCUT2D eigenvalue weighted by Gasteiger charge is 2.50. The Hall–Kier alpha value is -0.883. The summed E-state index contributed by atoms with van der Waals surface area (Å²) in [5.74, 6) is -1.12. The quantitative estimate of drug-likeness (QED) is 0.386. The summed E-state index contributed by atoms with van der Waals surface area (Å²) < 4.78 is 16.3. The Morgan fingerprint density at radius 2 is 1.32 bits per heavy atom. The Kier molecular flexibility index (Phi) is 7.78. The van der Waals surface area contributed by atoms with Crippen LogP contribution in [0, 0.1) is 5.41 Å². The monoisotopic (exact) mass is 332 g/mol. The Labute approximate surface area is 135 Å². The Balaban J connectivity index is 5.41. The van der Waals surface area contributed by atoms with Crippen LogP contribution in [-0.4, -0.2) is 40.1 Å². The van der Waals surface area contributed by atoms with E-state index in [0.717, 1.165) is 0 Å². The van der Waals surface area contributed by atoms with Crippen molar-refractivity contribution in [3.8, 4) is 0 Å². The van der Waals surface area contributed by atoms with Gasteiger partial charge in [0, 0.05) is 0 Å². The molecule has 0 aromatic heterocycles. The van der Waals surface area contributed by atoms with Crippen molar-refractivity contribution in [3.63, 3.8) is 0 Å². The molecule has 130 valence electrons. The minimum absolute atomic E-state index is 0.00416. The van der Waals surface area contributed by atoms with Crippen molar-refractivity contribution in [1.82, 2.24) is 0 Å². The van der Waals surface area contributed by atoms with Crippen LogP contribution in [0.4, 0.5) is 0 Å². The molecule has 0 heterocycles. The molecule has 0 aliphatic carbocycles. The third-order valence-corrected chi connectivity index (χ3v) is 8.90. The van der Waals surface area contributed by atoms with Crippen molar-refractivity contribution in [1.29, 1.82) is 0 Å². The SMILES string of the molecule is CCOC(=O)C(CC)(CO[Si](C)(C)C(C)(C)C)C(=O)OCC. The van der Waals surface area contributed by atoms with Gasteiger partial charge in [-0.1, -0.05) is 27.7 Å². The van der Waals surface area contributed by atoms with E-state index in [1.54, 1.807) is 20.8 Å². The largest absolute Gasteiger partial charge is 0.465 e. The molecule has 0 aromatic carbocycles. The van der Waals surface area contributed by atoms with E-state index in [4.69, 9.17) is 13.9 Å². The van der Waals surface area contributed by atoms with Crippen LogP contribution >= 0.6 is 0 Å². The van der Waals surface area contributed by atoms with E-state index in [9.17, 15) is 9.59 Å². The first kappa shape index (κ1) is 21.1. The molecule has 5 nitrogen and oxygen atoms in total. The number of hydrogen-bond acceptors (Lipinski definition) is 5. The minimum Gasteiger partial charge on any atom is -0.465 e. The fourth-order valence-electron chi connectivity index (χ4n) is 1.65. The van der Waals surface area contributed by atoms with Crippen molar-refractivity contribution >= 4 is 20.3 Å². The van der Waals surface area contributed by atoms with Crippen molar-refractivity contribution in [3.05, 3.63) is 0 Å². The van der Waals surface area contributed by atoms with Crippen LogP contribution in [0.1, 0.15) is 48.0 Å². The summed E-state index contributed by atoms with van der Waals surface area (Å²) in [4.78, 5) is 24.8. The van der Waals surface area contributed by atoms with Gasteiger partial charge < -0.3 is 13.9 Å². The van der Waals surface area contributed by atoms with Gasteiger partial charge in [0.15, 0.2) is 13.7 Å². The highest BCUT2D eigenvalue weighted by molar-refractivity contribution is 6.74. The summed E-state index contributed by atoms with van der Waals surface area (Å²) in [6, 6.07) is 0. The van der Waals surface area contributed by atoms with Crippen molar-refractivity contribution in [2.45, 2.75) is 66.1 Å². The standard InChI is InChI=1S/C16H32O5Si/c1-9-16(13(17)19-10-2,14(18)20-11-3)12-21-22(7,8)15(4,5)6/h9-12H2,1-8H3. The topological polar surface area (TPSA) is 61.8 Å². The van der Waals surface area contributed by atoms with E-state index in [1.165, 1.54) is 0 Å². The first-order valence-corrected chi connectivity index (χ1v) is 10.9. The normalized spacial score (nSPS) is 12.9. The summed E-state index contributed by atoms with van der Waals surface area (Å²) in [5.41, 5.74) is -1.37. The predicted octanol–water partition coefficient (Wildman–Crippen LogP) is 3.53. The van der Waals surface area contributed by atoms with Crippen LogP contribution < -0.4 is 0 Å². The van der Waals surface area contributed by atoms with Gasteiger partial charge in [-0.25, -0.2) is 0 Å². The maximum atomic E-state index is 12.4. The number of ether oxygens (including phenoxy) is 2. The van der Waals surface area contributed by atoms with Crippen molar-refractivity contribution in [2.24, 2.45) is 5.41 Å². The van der Waals surface area contributed by atoms with Gasteiger partial charge in [0.05, 0.1) is 19.8 Å². The molecular weight excluding hydrogens is 300 g/mol. The summed E-state index contributed by atoms with van der Waals surface area (Å²) in [6.45, 7) is 16.2. The van der Waals surface area contributed by atoms with Gasteiger partial charge in [-0.2, -0.15) is 0 Å². The molecule has 6 heteroatoms. The molecule has 22 heavy (non-hydrogen) atoms. The molecule has 0 atom stereocenters. The van der Waals surface area contributed by atoms with Gasteiger partial charge in [-0.05, 0) is 38.4 Å². The van der Waals surface area contributed by atoms with Crippen molar-refractivity contribution in [2.75, 3.05) is 19.8 Å². The molecule has 0 spiro atoms. The molecule has 0 saturated carbocycles. The predicted molar refractivity (Wildman–Crippen MR) is 89.1 cm³/mol. The Bertz CT molecular complexity index is 366. The van der Waals surface area contributed by atoms with Crippen LogP contribution in [0.2, 0.25) is 18.1 Å². The number of hydrogen-bond donors (Lipinski definition) is 0. The molecule has 0 radical (unpaired) electrons. The third kappa shape index (κ3) is 4.81. The van der Waals surface area contributed by atoms with E-state index in [1.807, 2.05) is 0 Å². The van der Waals surface area contributed by atoms with E-state index in [0.29, 0.717) is 6.42 Å². The second kappa shape index (κ2) is 8.11. The molecular formula is C16H32O5Si. The van der Waals surface area contributed by atoms with Gasteiger partial charge >= 0.3 is 11.9 Å².